The second-order valence-electron chi connectivity index (χ2n) is 7.77. The number of carbonyl (C=O) groups is 5. The van der Waals surface area contributed by atoms with E-state index < -0.39 is 66.3 Å². The number of nitrogens with one attached hydrogen (secondary N) is 4. The summed E-state index contributed by atoms with van der Waals surface area (Å²) in [5, 5.41) is 25.1. The number of hydrogen-bond donors (Lipinski definition) is 8. The molecular formula is C19H31N7O7. The summed E-state index contributed by atoms with van der Waals surface area (Å²) >= 11 is 0. The number of primary amides is 1. The Morgan fingerprint density at radius 3 is 2.18 bits per heavy atom. The maximum absolute atomic E-state index is 12.9. The zero-order chi connectivity index (χ0) is 25.1. The van der Waals surface area contributed by atoms with Crippen molar-refractivity contribution in [1.29, 1.82) is 0 Å². The van der Waals surface area contributed by atoms with Crippen LogP contribution in [0.15, 0.2) is 12.5 Å². The van der Waals surface area contributed by atoms with Crippen molar-refractivity contribution >= 4 is 29.6 Å². The number of hydrogen-bond acceptors (Lipinski definition) is 8. The van der Waals surface area contributed by atoms with Crippen LogP contribution in [0.4, 0.5) is 0 Å². The quantitative estimate of drug-likeness (QED) is 0.136. The molecule has 0 radical (unpaired) electrons. The van der Waals surface area contributed by atoms with Gasteiger partial charge in [0.1, 0.15) is 18.1 Å². The second kappa shape index (κ2) is 13.1. The van der Waals surface area contributed by atoms with E-state index in [2.05, 4.69) is 25.9 Å². The minimum absolute atomic E-state index is 0.116. The summed E-state index contributed by atoms with van der Waals surface area (Å²) in [6, 6.07) is -5.00. The molecule has 0 bridgehead atoms. The van der Waals surface area contributed by atoms with Gasteiger partial charge in [0.25, 0.3) is 0 Å². The lowest BCUT2D eigenvalue weighted by atomic mass is 10.0. The van der Waals surface area contributed by atoms with Gasteiger partial charge in [0.2, 0.25) is 23.6 Å². The van der Waals surface area contributed by atoms with Crippen LogP contribution in [0.5, 0.6) is 0 Å². The fourth-order valence-electron chi connectivity index (χ4n) is 2.80. The fourth-order valence-corrected chi connectivity index (χ4v) is 2.80. The van der Waals surface area contributed by atoms with Crippen molar-refractivity contribution in [3.05, 3.63) is 18.2 Å². The molecular weight excluding hydrogens is 438 g/mol. The van der Waals surface area contributed by atoms with Crippen molar-refractivity contribution in [2.24, 2.45) is 17.4 Å². The minimum atomic E-state index is -1.55. The zero-order valence-corrected chi connectivity index (χ0v) is 18.4. The molecule has 10 N–H and O–H groups in total. The molecule has 0 aromatic carbocycles. The van der Waals surface area contributed by atoms with Crippen LogP contribution in [0, 0.1) is 5.92 Å². The first kappa shape index (κ1) is 27.5. The maximum Gasteiger partial charge on any atom is 0.328 e. The number of aliphatic hydroxyl groups excluding tert-OH is 1. The summed E-state index contributed by atoms with van der Waals surface area (Å²) in [5.41, 5.74) is 11.6. The van der Waals surface area contributed by atoms with Crippen molar-refractivity contribution in [2.45, 2.75) is 57.3 Å². The summed E-state index contributed by atoms with van der Waals surface area (Å²) < 4.78 is 0. The number of aliphatic carboxylic acids is 1. The fraction of sp³-hybridized carbons (Fsp3) is 0.579. The molecule has 4 amide bonds. The molecule has 1 heterocycles. The van der Waals surface area contributed by atoms with Crippen molar-refractivity contribution in [2.75, 3.05) is 6.61 Å². The van der Waals surface area contributed by atoms with Crippen LogP contribution in [0.2, 0.25) is 0 Å². The van der Waals surface area contributed by atoms with Gasteiger partial charge >= 0.3 is 5.97 Å². The van der Waals surface area contributed by atoms with Crippen LogP contribution >= 0.6 is 0 Å². The van der Waals surface area contributed by atoms with Gasteiger partial charge in [-0.25, -0.2) is 9.78 Å². The number of nitrogens with two attached hydrogens (primary N) is 2. The molecule has 0 saturated carbocycles. The van der Waals surface area contributed by atoms with E-state index in [1.54, 1.807) is 13.8 Å². The lowest BCUT2D eigenvalue weighted by Crippen LogP contribution is -2.59. The molecule has 0 aliphatic heterocycles. The molecule has 4 unspecified atom stereocenters. The number of aromatic amines is 1. The highest BCUT2D eigenvalue weighted by atomic mass is 16.4. The molecule has 0 fully saturated rings. The monoisotopic (exact) mass is 469 g/mol. The Labute approximate surface area is 189 Å². The number of imidazole rings is 1. The number of carboxylic acid groups (broad SMARTS) is 1. The Kier molecular flexibility index (Phi) is 10.9. The van der Waals surface area contributed by atoms with Gasteiger partial charge in [-0.15, -0.1) is 0 Å². The van der Waals surface area contributed by atoms with Gasteiger partial charge in [-0.05, 0) is 12.3 Å². The smallest absolute Gasteiger partial charge is 0.328 e. The Morgan fingerprint density at radius 2 is 1.70 bits per heavy atom. The molecule has 184 valence electrons. The van der Waals surface area contributed by atoms with Gasteiger partial charge in [0, 0.05) is 24.7 Å². The van der Waals surface area contributed by atoms with E-state index in [4.69, 9.17) is 21.7 Å². The number of aromatic nitrogens is 2. The molecule has 0 spiro atoms. The van der Waals surface area contributed by atoms with Crippen LogP contribution in [-0.4, -0.2) is 80.6 Å². The van der Waals surface area contributed by atoms with Crippen LogP contribution in [0.3, 0.4) is 0 Å². The van der Waals surface area contributed by atoms with Crippen molar-refractivity contribution < 1.29 is 34.2 Å². The molecule has 33 heavy (non-hydrogen) atoms. The number of nitrogens with zero attached hydrogens (tertiary/aromatic N) is 1. The highest BCUT2D eigenvalue weighted by Gasteiger charge is 2.32. The van der Waals surface area contributed by atoms with E-state index in [0.717, 1.165) is 0 Å². The van der Waals surface area contributed by atoms with Crippen molar-refractivity contribution in [3.63, 3.8) is 0 Å². The van der Waals surface area contributed by atoms with E-state index >= 15 is 0 Å². The van der Waals surface area contributed by atoms with E-state index in [1.807, 2.05) is 0 Å². The van der Waals surface area contributed by atoms with Crippen LogP contribution < -0.4 is 27.4 Å². The van der Waals surface area contributed by atoms with Crippen LogP contribution in [-0.2, 0) is 30.4 Å². The lowest BCUT2D eigenvalue weighted by molar-refractivity contribution is -0.143. The SMILES string of the molecule is CC(C)C(NC(=O)C(CCC(N)=O)NC(=O)C(N)Cc1cnc[nH]1)C(=O)NC(CO)C(=O)O. The number of aliphatic hydroxyl groups is 1. The molecule has 0 aliphatic carbocycles. The van der Waals surface area contributed by atoms with Gasteiger partial charge in [-0.1, -0.05) is 13.8 Å². The first-order valence-corrected chi connectivity index (χ1v) is 10.2. The van der Waals surface area contributed by atoms with Gasteiger partial charge in [0.15, 0.2) is 0 Å². The summed E-state index contributed by atoms with van der Waals surface area (Å²) in [4.78, 5) is 66.8. The number of carbonyl (C=O) groups excluding carboxylic acids is 4. The Bertz CT molecular complexity index is 828. The molecule has 14 heteroatoms. The van der Waals surface area contributed by atoms with E-state index in [-0.39, 0.29) is 19.3 Å². The Morgan fingerprint density at radius 1 is 1.06 bits per heavy atom. The third-order valence-corrected chi connectivity index (χ3v) is 4.69. The average Bonchev–Trinajstić information content (AvgIpc) is 3.24. The van der Waals surface area contributed by atoms with Gasteiger partial charge in [0.05, 0.1) is 19.0 Å². The predicted molar refractivity (Wildman–Crippen MR) is 114 cm³/mol. The van der Waals surface area contributed by atoms with Crippen LogP contribution in [0.25, 0.3) is 0 Å². The van der Waals surface area contributed by atoms with Crippen molar-refractivity contribution in [3.8, 4) is 0 Å². The highest BCUT2D eigenvalue weighted by molar-refractivity contribution is 5.94. The second-order valence-corrected chi connectivity index (χ2v) is 7.77. The Balaban J connectivity index is 2.91. The average molecular weight is 469 g/mol. The van der Waals surface area contributed by atoms with Gasteiger partial charge in [-0.2, -0.15) is 0 Å². The number of H-pyrrole nitrogens is 1. The van der Waals surface area contributed by atoms with Gasteiger partial charge in [-0.3, -0.25) is 19.2 Å². The molecule has 4 atom stereocenters. The summed E-state index contributed by atoms with van der Waals surface area (Å²) in [6.07, 6.45) is 2.66. The number of rotatable bonds is 14. The molecule has 1 aromatic heterocycles. The lowest BCUT2D eigenvalue weighted by Gasteiger charge is -2.26. The predicted octanol–water partition coefficient (Wildman–Crippen LogP) is -3.27. The summed E-state index contributed by atoms with van der Waals surface area (Å²) in [7, 11) is 0. The van der Waals surface area contributed by atoms with E-state index in [1.165, 1.54) is 12.5 Å². The molecule has 0 saturated heterocycles. The molecule has 0 aliphatic rings. The van der Waals surface area contributed by atoms with E-state index in [9.17, 15) is 24.0 Å². The van der Waals surface area contributed by atoms with E-state index in [0.29, 0.717) is 5.69 Å². The third kappa shape index (κ3) is 9.24. The minimum Gasteiger partial charge on any atom is -0.480 e. The first-order chi connectivity index (χ1) is 15.5. The molecule has 14 nitrogen and oxygen atoms in total. The highest BCUT2D eigenvalue weighted by Crippen LogP contribution is 2.06. The molecule has 1 rings (SSSR count). The maximum atomic E-state index is 12.9. The Hall–Kier alpha value is -3.52. The summed E-state index contributed by atoms with van der Waals surface area (Å²) in [5.74, 6) is -4.92. The van der Waals surface area contributed by atoms with Gasteiger partial charge < -0.3 is 42.6 Å². The standard InChI is InChI=1S/C19H31N7O7/c1-9(2)15(18(31)25-13(7-27)19(32)33)26-17(30)12(3-4-14(21)28)24-16(29)11(20)5-10-6-22-8-23-10/h6,8-9,11-13,15,27H,3-5,7,20H2,1-2H3,(H2,21,28)(H,22,23)(H,24,29)(H,25,31)(H,26,30)(H,32,33). The molecule has 1 aromatic rings. The summed E-state index contributed by atoms with van der Waals surface area (Å²) in [6.45, 7) is 2.37. The zero-order valence-electron chi connectivity index (χ0n) is 18.4. The topological polar surface area (TPSA) is 243 Å². The first-order valence-electron chi connectivity index (χ1n) is 10.2. The van der Waals surface area contributed by atoms with Crippen molar-refractivity contribution in [1.82, 2.24) is 25.9 Å². The third-order valence-electron chi connectivity index (χ3n) is 4.69. The normalized spacial score (nSPS) is 14.6. The number of amides is 4. The van der Waals surface area contributed by atoms with Crippen LogP contribution in [0.1, 0.15) is 32.4 Å². The largest absolute Gasteiger partial charge is 0.480 e. The number of carboxylic acids is 1.